The third-order valence-electron chi connectivity index (χ3n) is 2.61. The first-order valence-corrected chi connectivity index (χ1v) is 6.39. The van der Waals surface area contributed by atoms with Gasteiger partial charge in [0.2, 0.25) is 5.91 Å². The summed E-state index contributed by atoms with van der Waals surface area (Å²) in [5.74, 6) is 5.52. The first kappa shape index (κ1) is 16.5. The van der Waals surface area contributed by atoms with Gasteiger partial charge in [0, 0.05) is 19.0 Å². The van der Waals surface area contributed by atoms with Crippen LogP contribution in [0.15, 0.2) is 18.2 Å². The van der Waals surface area contributed by atoms with Crippen LogP contribution < -0.4 is 15.4 Å². The third-order valence-corrected chi connectivity index (χ3v) is 2.61. The highest BCUT2D eigenvalue weighted by Gasteiger charge is 2.10. The van der Waals surface area contributed by atoms with Crippen LogP contribution in [0.25, 0.3) is 0 Å². The molecule has 0 aliphatic rings. The zero-order chi connectivity index (χ0) is 15.7. The Kier molecular flexibility index (Phi) is 6.78. The standard InChI is InChI=1S/C15H18N2O4/c1-16-14(19)10-17-15(20)12-6-7-13(21-2)11(9-12)5-3-4-8-18/h6-7,9,18H,4,8,10H2,1-2H3,(H,16,19)(H,17,20). The summed E-state index contributed by atoms with van der Waals surface area (Å²) < 4.78 is 5.17. The molecule has 0 radical (unpaired) electrons. The van der Waals surface area contributed by atoms with E-state index in [1.165, 1.54) is 14.2 Å². The summed E-state index contributed by atoms with van der Waals surface area (Å²) in [5.41, 5.74) is 0.937. The molecule has 112 valence electrons. The molecular formula is C15H18N2O4. The largest absolute Gasteiger partial charge is 0.495 e. The van der Waals surface area contributed by atoms with Gasteiger partial charge in [-0.05, 0) is 18.2 Å². The lowest BCUT2D eigenvalue weighted by molar-refractivity contribution is -0.119. The minimum absolute atomic E-state index is 0.0262. The lowest BCUT2D eigenvalue weighted by Gasteiger charge is -2.07. The van der Waals surface area contributed by atoms with Crippen molar-refractivity contribution in [1.82, 2.24) is 10.6 Å². The van der Waals surface area contributed by atoms with E-state index >= 15 is 0 Å². The van der Waals surface area contributed by atoms with Crippen molar-refractivity contribution in [2.45, 2.75) is 6.42 Å². The van der Waals surface area contributed by atoms with Crippen molar-refractivity contribution in [3.63, 3.8) is 0 Å². The highest BCUT2D eigenvalue weighted by molar-refractivity contribution is 5.97. The van der Waals surface area contributed by atoms with Crippen LogP contribution in [0.4, 0.5) is 0 Å². The number of carbonyl (C=O) groups is 2. The average Bonchev–Trinajstić information content (AvgIpc) is 2.52. The predicted molar refractivity (Wildman–Crippen MR) is 78.0 cm³/mol. The number of ether oxygens (including phenoxy) is 1. The Balaban J connectivity index is 2.89. The molecule has 0 saturated heterocycles. The van der Waals surface area contributed by atoms with Gasteiger partial charge in [-0.3, -0.25) is 9.59 Å². The maximum atomic E-state index is 11.9. The first-order chi connectivity index (χ1) is 10.1. The monoisotopic (exact) mass is 290 g/mol. The Bertz CT molecular complexity index is 573. The molecule has 0 bridgehead atoms. The van der Waals surface area contributed by atoms with E-state index in [1.807, 2.05) is 0 Å². The molecule has 1 aromatic rings. The molecule has 0 saturated carbocycles. The van der Waals surface area contributed by atoms with Crippen LogP contribution in [0, 0.1) is 11.8 Å². The Hall–Kier alpha value is -2.52. The van der Waals surface area contributed by atoms with Gasteiger partial charge in [-0.1, -0.05) is 11.8 Å². The van der Waals surface area contributed by atoms with Crippen LogP contribution in [0.3, 0.4) is 0 Å². The van der Waals surface area contributed by atoms with E-state index in [2.05, 4.69) is 22.5 Å². The number of hydrogen-bond donors (Lipinski definition) is 3. The number of hydrogen-bond acceptors (Lipinski definition) is 4. The molecule has 6 heteroatoms. The molecule has 0 atom stereocenters. The molecule has 1 aromatic carbocycles. The number of likely N-dealkylation sites (N-methyl/N-ethyl adjacent to an activating group) is 1. The molecule has 21 heavy (non-hydrogen) atoms. The number of aliphatic hydroxyl groups is 1. The van der Waals surface area contributed by atoms with Crippen molar-refractivity contribution in [2.24, 2.45) is 0 Å². The van der Waals surface area contributed by atoms with Gasteiger partial charge in [-0.25, -0.2) is 0 Å². The molecule has 3 N–H and O–H groups in total. The molecule has 0 spiro atoms. The van der Waals surface area contributed by atoms with Gasteiger partial charge < -0.3 is 20.5 Å². The molecular weight excluding hydrogens is 272 g/mol. The van der Waals surface area contributed by atoms with Gasteiger partial charge in [0.25, 0.3) is 5.91 Å². The summed E-state index contributed by atoms with van der Waals surface area (Å²) >= 11 is 0. The van der Waals surface area contributed by atoms with E-state index in [-0.39, 0.29) is 25.0 Å². The summed E-state index contributed by atoms with van der Waals surface area (Å²) in [7, 11) is 3.01. The number of amides is 2. The fourth-order valence-electron chi connectivity index (χ4n) is 1.51. The lowest BCUT2D eigenvalue weighted by atomic mass is 10.1. The Labute approximate surface area is 123 Å². The molecule has 0 heterocycles. The van der Waals surface area contributed by atoms with Gasteiger partial charge >= 0.3 is 0 Å². The van der Waals surface area contributed by atoms with Crippen LogP contribution in [0.2, 0.25) is 0 Å². The summed E-state index contributed by atoms with van der Waals surface area (Å²) in [6, 6.07) is 4.81. The second-order valence-corrected chi connectivity index (χ2v) is 4.05. The van der Waals surface area contributed by atoms with Crippen LogP contribution in [-0.2, 0) is 4.79 Å². The minimum Gasteiger partial charge on any atom is -0.495 e. The van der Waals surface area contributed by atoms with Crippen LogP contribution >= 0.6 is 0 Å². The smallest absolute Gasteiger partial charge is 0.251 e. The summed E-state index contributed by atoms with van der Waals surface area (Å²) in [6.45, 7) is -0.117. The molecule has 0 unspecified atom stereocenters. The normalized spacial score (nSPS) is 9.29. The summed E-state index contributed by atoms with van der Waals surface area (Å²) in [4.78, 5) is 23.0. The van der Waals surface area contributed by atoms with Gasteiger partial charge in [0.05, 0.1) is 25.8 Å². The molecule has 0 aliphatic heterocycles. The summed E-state index contributed by atoms with van der Waals surface area (Å²) in [5, 5.41) is 13.6. The van der Waals surface area contributed by atoms with Crippen molar-refractivity contribution < 1.29 is 19.4 Å². The first-order valence-electron chi connectivity index (χ1n) is 6.39. The van der Waals surface area contributed by atoms with E-state index in [4.69, 9.17) is 9.84 Å². The number of rotatable bonds is 5. The topological polar surface area (TPSA) is 87.7 Å². The number of benzene rings is 1. The minimum atomic E-state index is -0.369. The van der Waals surface area contributed by atoms with E-state index in [9.17, 15) is 9.59 Å². The van der Waals surface area contributed by atoms with E-state index in [0.717, 1.165) is 0 Å². The Morgan fingerprint density at radius 2 is 2.14 bits per heavy atom. The fraction of sp³-hybridized carbons (Fsp3) is 0.333. The fourth-order valence-corrected chi connectivity index (χ4v) is 1.51. The molecule has 0 fully saturated rings. The maximum absolute atomic E-state index is 11.9. The van der Waals surface area contributed by atoms with E-state index in [1.54, 1.807) is 18.2 Å². The van der Waals surface area contributed by atoms with E-state index < -0.39 is 0 Å². The maximum Gasteiger partial charge on any atom is 0.251 e. The van der Waals surface area contributed by atoms with Crippen LogP contribution in [0.1, 0.15) is 22.3 Å². The number of nitrogens with one attached hydrogen (secondary N) is 2. The zero-order valence-corrected chi connectivity index (χ0v) is 12.0. The quantitative estimate of drug-likeness (QED) is 0.661. The highest BCUT2D eigenvalue weighted by Crippen LogP contribution is 2.18. The number of methoxy groups -OCH3 is 1. The molecule has 2 amide bonds. The second kappa shape index (κ2) is 8.61. The predicted octanol–water partition coefficient (Wildman–Crippen LogP) is -0.0951. The van der Waals surface area contributed by atoms with Crippen LogP contribution in [0.5, 0.6) is 5.75 Å². The Morgan fingerprint density at radius 1 is 1.38 bits per heavy atom. The van der Waals surface area contributed by atoms with Gasteiger partial charge in [0.1, 0.15) is 5.75 Å². The van der Waals surface area contributed by atoms with Crippen molar-refractivity contribution in [2.75, 3.05) is 27.3 Å². The third kappa shape index (κ3) is 5.16. The van der Waals surface area contributed by atoms with Crippen molar-refractivity contribution >= 4 is 11.8 Å². The lowest BCUT2D eigenvalue weighted by Crippen LogP contribution is -2.35. The second-order valence-electron chi connectivity index (χ2n) is 4.05. The highest BCUT2D eigenvalue weighted by atomic mass is 16.5. The van der Waals surface area contributed by atoms with Crippen LogP contribution in [-0.4, -0.2) is 44.2 Å². The van der Waals surface area contributed by atoms with Gasteiger partial charge in [0.15, 0.2) is 0 Å². The van der Waals surface area contributed by atoms with Gasteiger partial charge in [-0.2, -0.15) is 0 Å². The van der Waals surface area contributed by atoms with Crippen molar-refractivity contribution in [1.29, 1.82) is 0 Å². The zero-order valence-electron chi connectivity index (χ0n) is 12.0. The van der Waals surface area contributed by atoms with Crippen molar-refractivity contribution in [3.05, 3.63) is 29.3 Å². The van der Waals surface area contributed by atoms with E-state index in [0.29, 0.717) is 23.3 Å². The molecule has 6 nitrogen and oxygen atoms in total. The SMILES string of the molecule is CNC(=O)CNC(=O)c1ccc(OC)c(C#CCCO)c1. The average molecular weight is 290 g/mol. The van der Waals surface area contributed by atoms with Gasteiger partial charge in [-0.15, -0.1) is 0 Å². The summed E-state index contributed by atoms with van der Waals surface area (Å²) in [6.07, 6.45) is 0.344. The van der Waals surface area contributed by atoms with Crippen molar-refractivity contribution in [3.8, 4) is 17.6 Å². The Morgan fingerprint density at radius 3 is 2.76 bits per heavy atom. The number of aliphatic hydroxyl groups excluding tert-OH is 1. The molecule has 0 aromatic heterocycles. The molecule has 0 aliphatic carbocycles. The molecule has 1 rings (SSSR count). The number of carbonyl (C=O) groups excluding carboxylic acids is 2.